The van der Waals surface area contributed by atoms with Crippen LogP contribution in [0.5, 0.6) is 11.5 Å². The molecule has 6 nitrogen and oxygen atoms in total. The van der Waals surface area contributed by atoms with Crippen LogP contribution in [-0.4, -0.2) is 41.0 Å². The van der Waals surface area contributed by atoms with Gasteiger partial charge in [0.25, 0.3) is 0 Å². The fourth-order valence-electron chi connectivity index (χ4n) is 2.38. The van der Waals surface area contributed by atoms with E-state index in [2.05, 4.69) is 10.0 Å². The standard InChI is InChI=1S/C14H22N2O4S/c1-19-13-6-5-11(8-14(13)20-2)9-16-21(17,18)12-4-3-7-15-10-12/h5-6,8,12,15-16H,3-4,7,9-10H2,1-2H3. The number of ether oxygens (including phenoxy) is 2. The highest BCUT2D eigenvalue weighted by Gasteiger charge is 2.26. The molecule has 2 N–H and O–H groups in total. The lowest BCUT2D eigenvalue weighted by Crippen LogP contribution is -2.44. The first-order valence-corrected chi connectivity index (χ1v) is 8.51. The molecule has 0 aliphatic carbocycles. The second kappa shape index (κ2) is 7.11. The molecule has 0 amide bonds. The molecule has 1 atom stereocenters. The molecule has 0 aromatic heterocycles. The highest BCUT2D eigenvalue weighted by Crippen LogP contribution is 2.27. The molecule has 0 spiro atoms. The van der Waals surface area contributed by atoms with Gasteiger partial charge in [-0.3, -0.25) is 0 Å². The number of rotatable bonds is 6. The van der Waals surface area contributed by atoms with Crippen molar-refractivity contribution in [3.63, 3.8) is 0 Å². The summed E-state index contributed by atoms with van der Waals surface area (Å²) < 4.78 is 37.5. The first-order valence-electron chi connectivity index (χ1n) is 6.97. The highest BCUT2D eigenvalue weighted by molar-refractivity contribution is 7.90. The zero-order valence-electron chi connectivity index (χ0n) is 12.4. The lowest BCUT2D eigenvalue weighted by atomic mass is 10.2. The Bertz CT molecular complexity index is 568. The summed E-state index contributed by atoms with van der Waals surface area (Å²) >= 11 is 0. The van der Waals surface area contributed by atoms with Crippen LogP contribution >= 0.6 is 0 Å². The zero-order valence-corrected chi connectivity index (χ0v) is 13.2. The van der Waals surface area contributed by atoms with Crippen LogP contribution in [0.15, 0.2) is 18.2 Å². The number of sulfonamides is 1. The van der Waals surface area contributed by atoms with Crippen molar-refractivity contribution in [1.82, 2.24) is 10.0 Å². The number of nitrogens with one attached hydrogen (secondary N) is 2. The van der Waals surface area contributed by atoms with Gasteiger partial charge < -0.3 is 14.8 Å². The summed E-state index contributed by atoms with van der Waals surface area (Å²) in [6.45, 7) is 1.65. The molecule has 118 valence electrons. The van der Waals surface area contributed by atoms with Crippen molar-refractivity contribution >= 4 is 10.0 Å². The summed E-state index contributed by atoms with van der Waals surface area (Å²) in [5.41, 5.74) is 0.833. The quantitative estimate of drug-likeness (QED) is 0.815. The van der Waals surface area contributed by atoms with E-state index in [1.807, 2.05) is 6.07 Å². The van der Waals surface area contributed by atoms with Gasteiger partial charge in [-0.15, -0.1) is 0 Å². The Kier molecular flexibility index (Phi) is 5.44. The van der Waals surface area contributed by atoms with Gasteiger partial charge in [0.2, 0.25) is 10.0 Å². The first kappa shape index (κ1) is 16.1. The summed E-state index contributed by atoms with van der Waals surface area (Å²) in [6, 6.07) is 5.37. The van der Waals surface area contributed by atoms with Gasteiger partial charge in [0.15, 0.2) is 11.5 Å². The number of benzene rings is 1. The van der Waals surface area contributed by atoms with Crippen molar-refractivity contribution in [3.05, 3.63) is 23.8 Å². The van der Waals surface area contributed by atoms with E-state index < -0.39 is 10.0 Å². The highest BCUT2D eigenvalue weighted by atomic mass is 32.2. The Labute approximate surface area is 125 Å². The molecular weight excluding hydrogens is 292 g/mol. The molecule has 1 heterocycles. The lowest BCUT2D eigenvalue weighted by molar-refractivity contribution is 0.354. The average molecular weight is 314 g/mol. The van der Waals surface area contributed by atoms with Crippen LogP contribution in [0.2, 0.25) is 0 Å². The normalized spacial score (nSPS) is 19.2. The largest absolute Gasteiger partial charge is 0.493 e. The molecule has 1 aliphatic rings. The summed E-state index contributed by atoms with van der Waals surface area (Å²) in [5.74, 6) is 1.22. The minimum absolute atomic E-state index is 0.249. The summed E-state index contributed by atoms with van der Waals surface area (Å²) in [5, 5.41) is 2.76. The van der Waals surface area contributed by atoms with Gasteiger partial charge in [-0.2, -0.15) is 0 Å². The molecule has 21 heavy (non-hydrogen) atoms. The lowest BCUT2D eigenvalue weighted by Gasteiger charge is -2.23. The van der Waals surface area contributed by atoms with Crippen molar-refractivity contribution in [1.29, 1.82) is 0 Å². The number of hydrogen-bond acceptors (Lipinski definition) is 5. The summed E-state index contributed by atoms with van der Waals surface area (Å²) in [4.78, 5) is 0. The predicted octanol–water partition coefficient (Wildman–Crippen LogP) is 0.875. The van der Waals surface area contributed by atoms with Crippen LogP contribution in [-0.2, 0) is 16.6 Å². The Morgan fingerprint density at radius 2 is 2.05 bits per heavy atom. The molecule has 0 bridgehead atoms. The maximum atomic E-state index is 12.2. The molecule has 2 rings (SSSR count). The van der Waals surface area contributed by atoms with E-state index in [1.165, 1.54) is 0 Å². The molecule has 1 unspecified atom stereocenters. The van der Waals surface area contributed by atoms with Crippen LogP contribution in [0.25, 0.3) is 0 Å². The van der Waals surface area contributed by atoms with Crippen LogP contribution in [0.3, 0.4) is 0 Å². The second-order valence-corrected chi connectivity index (χ2v) is 7.07. The monoisotopic (exact) mass is 314 g/mol. The Morgan fingerprint density at radius 1 is 1.29 bits per heavy atom. The fraction of sp³-hybridized carbons (Fsp3) is 0.571. The van der Waals surface area contributed by atoms with Crippen molar-refractivity contribution in [2.75, 3.05) is 27.3 Å². The summed E-state index contributed by atoms with van der Waals surface area (Å²) in [7, 11) is -0.181. The SMILES string of the molecule is COc1ccc(CNS(=O)(=O)C2CCCNC2)cc1OC. The van der Waals surface area contributed by atoms with E-state index in [-0.39, 0.29) is 11.8 Å². The van der Waals surface area contributed by atoms with Gasteiger partial charge in [0, 0.05) is 13.1 Å². The van der Waals surface area contributed by atoms with E-state index in [1.54, 1.807) is 26.4 Å². The van der Waals surface area contributed by atoms with E-state index in [9.17, 15) is 8.42 Å². The second-order valence-electron chi connectivity index (χ2n) is 5.02. The third-order valence-electron chi connectivity index (χ3n) is 3.62. The van der Waals surface area contributed by atoms with Crippen molar-refractivity contribution < 1.29 is 17.9 Å². The van der Waals surface area contributed by atoms with Crippen molar-refractivity contribution in [2.24, 2.45) is 0 Å². The predicted molar refractivity (Wildman–Crippen MR) is 81.2 cm³/mol. The summed E-state index contributed by atoms with van der Waals surface area (Å²) in [6.07, 6.45) is 1.59. The van der Waals surface area contributed by atoms with E-state index in [0.29, 0.717) is 24.5 Å². The average Bonchev–Trinajstić information content (AvgIpc) is 2.53. The maximum absolute atomic E-state index is 12.2. The fourth-order valence-corrected chi connectivity index (χ4v) is 3.79. The van der Waals surface area contributed by atoms with E-state index >= 15 is 0 Å². The van der Waals surface area contributed by atoms with Gasteiger partial charge in [-0.05, 0) is 37.1 Å². The topological polar surface area (TPSA) is 76.7 Å². The van der Waals surface area contributed by atoms with Gasteiger partial charge in [-0.25, -0.2) is 13.1 Å². The van der Waals surface area contributed by atoms with Crippen molar-refractivity contribution in [3.8, 4) is 11.5 Å². The molecule has 7 heteroatoms. The van der Waals surface area contributed by atoms with Crippen LogP contribution in [0, 0.1) is 0 Å². The third kappa shape index (κ3) is 4.09. The minimum Gasteiger partial charge on any atom is -0.493 e. The first-order chi connectivity index (χ1) is 10.1. The minimum atomic E-state index is -3.30. The van der Waals surface area contributed by atoms with Crippen LogP contribution < -0.4 is 19.5 Å². The number of hydrogen-bond donors (Lipinski definition) is 2. The molecule has 1 fully saturated rings. The molecule has 0 radical (unpaired) electrons. The van der Waals surface area contributed by atoms with E-state index in [0.717, 1.165) is 18.5 Å². The smallest absolute Gasteiger partial charge is 0.216 e. The van der Waals surface area contributed by atoms with Gasteiger partial charge in [-0.1, -0.05) is 6.07 Å². The maximum Gasteiger partial charge on any atom is 0.216 e. The molecule has 1 aromatic carbocycles. The van der Waals surface area contributed by atoms with E-state index in [4.69, 9.17) is 9.47 Å². The zero-order chi connectivity index (χ0) is 15.3. The molecule has 1 saturated heterocycles. The van der Waals surface area contributed by atoms with Gasteiger partial charge in [0.1, 0.15) is 0 Å². The third-order valence-corrected chi connectivity index (χ3v) is 5.44. The Balaban J connectivity index is 2.01. The van der Waals surface area contributed by atoms with Crippen LogP contribution in [0.1, 0.15) is 18.4 Å². The number of methoxy groups -OCH3 is 2. The number of piperidine rings is 1. The Morgan fingerprint density at radius 3 is 2.67 bits per heavy atom. The molecule has 1 aliphatic heterocycles. The van der Waals surface area contributed by atoms with Gasteiger partial charge in [0.05, 0.1) is 19.5 Å². The van der Waals surface area contributed by atoms with Crippen molar-refractivity contribution in [2.45, 2.75) is 24.6 Å². The Hall–Kier alpha value is -1.31. The van der Waals surface area contributed by atoms with Crippen LogP contribution in [0.4, 0.5) is 0 Å². The molecular formula is C14H22N2O4S. The van der Waals surface area contributed by atoms with Gasteiger partial charge >= 0.3 is 0 Å². The molecule has 0 saturated carbocycles. The molecule has 1 aromatic rings.